The molecule has 202 valence electrons. The molecule has 0 saturated carbocycles. The van der Waals surface area contributed by atoms with Crippen LogP contribution in [-0.4, -0.2) is 57.5 Å². The highest BCUT2D eigenvalue weighted by atomic mass is 16.6. The number of aromatic nitrogens is 2. The maximum atomic E-state index is 13.5. The summed E-state index contributed by atoms with van der Waals surface area (Å²) in [6.45, 7) is 0.911. The zero-order chi connectivity index (χ0) is 27.5. The van der Waals surface area contributed by atoms with Crippen LogP contribution in [0.2, 0.25) is 0 Å². The van der Waals surface area contributed by atoms with Gasteiger partial charge >= 0.3 is 0 Å². The first-order valence-electron chi connectivity index (χ1n) is 12.3. The number of carbonyl (C=O) groups is 1. The van der Waals surface area contributed by atoms with Crippen molar-refractivity contribution in [2.45, 2.75) is 18.8 Å². The molecule has 1 atom stereocenters. The SMILES string of the molecule is COc1cc([C@H](CC(=O)NCCc2ccc(O)c(O)c2)c2c(O)nc3ccccn3c2=O)cc2c1OCCO2. The van der Waals surface area contributed by atoms with Gasteiger partial charge in [-0.2, -0.15) is 4.98 Å². The summed E-state index contributed by atoms with van der Waals surface area (Å²) in [5.41, 5.74) is 0.928. The van der Waals surface area contributed by atoms with Crippen molar-refractivity contribution in [1.29, 1.82) is 0 Å². The van der Waals surface area contributed by atoms with E-state index < -0.39 is 17.4 Å². The molecular weight excluding hydrogens is 506 g/mol. The Morgan fingerprint density at radius 1 is 1.10 bits per heavy atom. The first kappa shape index (κ1) is 25.7. The third-order valence-corrected chi connectivity index (χ3v) is 6.52. The Hall–Kier alpha value is -4.93. The van der Waals surface area contributed by atoms with E-state index in [4.69, 9.17) is 14.2 Å². The van der Waals surface area contributed by atoms with Gasteiger partial charge in [-0.05, 0) is 53.9 Å². The maximum absolute atomic E-state index is 13.5. The van der Waals surface area contributed by atoms with Gasteiger partial charge in [-0.1, -0.05) is 12.1 Å². The number of pyridine rings is 1. The standard InChI is InChI=1S/C28H27N3O8/c1-37-21-13-17(14-22-26(21)39-11-10-38-22)18(25-27(35)30-23-4-2-3-9-31(23)28(25)36)15-24(34)29-8-7-16-5-6-19(32)20(33)12-16/h2-6,9,12-14,18,32-33,35H,7-8,10-11,15H2,1H3,(H,29,34)/t18-/m0/s1. The third-order valence-electron chi connectivity index (χ3n) is 6.52. The lowest BCUT2D eigenvalue weighted by molar-refractivity contribution is -0.121. The van der Waals surface area contributed by atoms with Gasteiger partial charge in [-0.25, -0.2) is 0 Å². The Morgan fingerprint density at radius 2 is 1.92 bits per heavy atom. The quantitative estimate of drug-likeness (QED) is 0.250. The van der Waals surface area contributed by atoms with E-state index in [1.54, 1.807) is 42.6 Å². The molecule has 11 heteroatoms. The Morgan fingerprint density at radius 3 is 2.72 bits per heavy atom. The molecule has 4 aromatic rings. The third kappa shape index (κ3) is 5.24. The monoisotopic (exact) mass is 533 g/mol. The molecule has 0 aliphatic carbocycles. The summed E-state index contributed by atoms with van der Waals surface area (Å²) >= 11 is 0. The van der Waals surface area contributed by atoms with Crippen LogP contribution in [0.4, 0.5) is 0 Å². The van der Waals surface area contributed by atoms with E-state index in [9.17, 15) is 24.9 Å². The molecule has 5 rings (SSSR count). The number of amides is 1. The van der Waals surface area contributed by atoms with Gasteiger partial charge in [-0.3, -0.25) is 14.0 Å². The second kappa shape index (κ2) is 10.8. The van der Waals surface area contributed by atoms with E-state index in [1.165, 1.54) is 23.6 Å². The van der Waals surface area contributed by atoms with Crippen LogP contribution in [0.3, 0.4) is 0 Å². The average molecular weight is 534 g/mol. The number of hydrogen-bond acceptors (Lipinski definition) is 9. The summed E-state index contributed by atoms with van der Waals surface area (Å²) in [4.78, 5) is 30.9. The lowest BCUT2D eigenvalue weighted by Gasteiger charge is -2.24. The fraction of sp³-hybridized carbons (Fsp3) is 0.250. The number of rotatable bonds is 8. The molecule has 0 unspecified atom stereocenters. The van der Waals surface area contributed by atoms with E-state index in [0.29, 0.717) is 48.0 Å². The molecule has 1 aliphatic heterocycles. The molecule has 0 fully saturated rings. The first-order chi connectivity index (χ1) is 18.9. The maximum Gasteiger partial charge on any atom is 0.265 e. The summed E-state index contributed by atoms with van der Waals surface area (Å²) in [7, 11) is 1.48. The smallest absolute Gasteiger partial charge is 0.265 e. The molecule has 0 spiro atoms. The van der Waals surface area contributed by atoms with Gasteiger partial charge < -0.3 is 34.8 Å². The zero-order valence-corrected chi connectivity index (χ0v) is 21.1. The Kier molecular flexibility index (Phi) is 7.13. The summed E-state index contributed by atoms with van der Waals surface area (Å²) in [5.74, 6) is -1.03. The van der Waals surface area contributed by atoms with E-state index in [-0.39, 0.29) is 41.6 Å². The highest BCUT2D eigenvalue weighted by molar-refractivity contribution is 5.78. The minimum absolute atomic E-state index is 0.0453. The molecule has 0 radical (unpaired) electrons. The lowest BCUT2D eigenvalue weighted by atomic mass is 9.88. The molecule has 11 nitrogen and oxygen atoms in total. The molecule has 4 N–H and O–H groups in total. The van der Waals surface area contributed by atoms with Gasteiger partial charge in [0, 0.05) is 25.1 Å². The number of aromatic hydroxyl groups is 3. The topological polar surface area (TPSA) is 152 Å². The van der Waals surface area contributed by atoms with Crippen molar-refractivity contribution in [1.82, 2.24) is 14.7 Å². The van der Waals surface area contributed by atoms with Crippen molar-refractivity contribution in [3.05, 3.63) is 81.8 Å². The molecule has 3 heterocycles. The van der Waals surface area contributed by atoms with Gasteiger partial charge in [0.2, 0.25) is 17.5 Å². The number of carbonyl (C=O) groups excluding carboxylic acids is 1. The molecule has 1 aliphatic rings. The number of methoxy groups -OCH3 is 1. The summed E-state index contributed by atoms with van der Waals surface area (Å²) in [5, 5.41) is 32.9. The van der Waals surface area contributed by atoms with Crippen LogP contribution in [0.25, 0.3) is 5.65 Å². The van der Waals surface area contributed by atoms with Gasteiger partial charge in [0.05, 0.1) is 12.7 Å². The summed E-state index contributed by atoms with van der Waals surface area (Å²) in [6, 6.07) is 12.7. The van der Waals surface area contributed by atoms with Crippen molar-refractivity contribution < 1.29 is 34.3 Å². The highest BCUT2D eigenvalue weighted by Gasteiger charge is 2.29. The molecule has 39 heavy (non-hydrogen) atoms. The fourth-order valence-electron chi connectivity index (χ4n) is 4.61. The Labute approximate surface area is 222 Å². The van der Waals surface area contributed by atoms with Crippen molar-refractivity contribution in [2.75, 3.05) is 26.9 Å². The van der Waals surface area contributed by atoms with Gasteiger partial charge in [0.1, 0.15) is 18.9 Å². The second-order valence-corrected chi connectivity index (χ2v) is 9.01. The second-order valence-electron chi connectivity index (χ2n) is 9.01. The number of phenols is 2. The average Bonchev–Trinajstić information content (AvgIpc) is 2.93. The first-order valence-corrected chi connectivity index (χ1v) is 12.3. The van der Waals surface area contributed by atoms with E-state index in [1.807, 2.05) is 0 Å². The highest BCUT2D eigenvalue weighted by Crippen LogP contribution is 2.44. The number of fused-ring (bicyclic) bond motifs is 2. The van der Waals surface area contributed by atoms with E-state index in [2.05, 4.69) is 10.3 Å². The molecule has 2 aromatic heterocycles. The van der Waals surface area contributed by atoms with Crippen molar-refractivity contribution in [2.24, 2.45) is 0 Å². The minimum Gasteiger partial charge on any atom is -0.504 e. The van der Waals surface area contributed by atoms with Crippen molar-refractivity contribution >= 4 is 11.6 Å². The molecular formula is C28H27N3O8. The van der Waals surface area contributed by atoms with Crippen LogP contribution in [0.15, 0.2) is 59.5 Å². The van der Waals surface area contributed by atoms with Crippen molar-refractivity contribution in [3.8, 4) is 34.6 Å². The van der Waals surface area contributed by atoms with Crippen LogP contribution in [-0.2, 0) is 11.2 Å². The fourth-order valence-corrected chi connectivity index (χ4v) is 4.61. The van der Waals surface area contributed by atoms with E-state index >= 15 is 0 Å². The van der Waals surface area contributed by atoms with Gasteiger partial charge in [-0.15, -0.1) is 0 Å². The van der Waals surface area contributed by atoms with Crippen LogP contribution in [0, 0.1) is 0 Å². The number of hydrogen-bond donors (Lipinski definition) is 4. The molecule has 0 saturated heterocycles. The number of nitrogens with one attached hydrogen (secondary N) is 1. The molecule has 0 bridgehead atoms. The Balaban J connectivity index is 1.49. The number of nitrogens with zero attached hydrogens (tertiary/aromatic N) is 2. The summed E-state index contributed by atoms with van der Waals surface area (Å²) < 4.78 is 18.3. The van der Waals surface area contributed by atoms with Gasteiger partial charge in [0.25, 0.3) is 5.56 Å². The molecule has 2 aromatic carbocycles. The van der Waals surface area contributed by atoms with Crippen LogP contribution >= 0.6 is 0 Å². The van der Waals surface area contributed by atoms with Crippen LogP contribution in [0.1, 0.15) is 29.0 Å². The van der Waals surface area contributed by atoms with Crippen molar-refractivity contribution in [3.63, 3.8) is 0 Å². The normalized spacial score (nSPS) is 13.2. The zero-order valence-electron chi connectivity index (χ0n) is 21.1. The summed E-state index contributed by atoms with van der Waals surface area (Å²) in [6.07, 6.45) is 1.75. The van der Waals surface area contributed by atoms with Crippen LogP contribution < -0.4 is 25.1 Å². The van der Waals surface area contributed by atoms with E-state index in [0.717, 1.165) is 0 Å². The largest absolute Gasteiger partial charge is 0.504 e. The number of benzene rings is 2. The van der Waals surface area contributed by atoms with Gasteiger partial charge in [0.15, 0.2) is 23.0 Å². The predicted octanol–water partition coefficient (Wildman–Crippen LogP) is 2.47. The number of phenolic OH excluding ortho intramolecular Hbond substituents is 2. The number of ether oxygens (including phenoxy) is 3. The minimum atomic E-state index is -0.899. The Bertz CT molecular complexity index is 1580. The molecule has 1 amide bonds. The lowest BCUT2D eigenvalue weighted by Crippen LogP contribution is -2.30. The van der Waals surface area contributed by atoms with Crippen LogP contribution in [0.5, 0.6) is 34.6 Å². The predicted molar refractivity (Wildman–Crippen MR) is 140 cm³/mol.